The average Bonchev–Trinajstić information content (AvgIpc) is 2.24. The first-order chi connectivity index (χ1) is 7.22. The molecule has 3 N–H and O–H groups in total. The van der Waals surface area contributed by atoms with Gasteiger partial charge in [0, 0.05) is 30.4 Å². The molecule has 15 heavy (non-hydrogen) atoms. The Labute approximate surface area is 90.0 Å². The molecule has 4 heteroatoms. The van der Waals surface area contributed by atoms with E-state index in [1.807, 2.05) is 6.07 Å². The van der Waals surface area contributed by atoms with E-state index < -0.39 is 0 Å². The van der Waals surface area contributed by atoms with Crippen molar-refractivity contribution in [1.82, 2.24) is 0 Å². The maximum absolute atomic E-state index is 9.69. The van der Waals surface area contributed by atoms with Gasteiger partial charge in [0.25, 0.3) is 0 Å². The van der Waals surface area contributed by atoms with Gasteiger partial charge in [-0.3, -0.25) is 0 Å². The number of phenols is 1. The van der Waals surface area contributed by atoms with Crippen molar-refractivity contribution < 1.29 is 5.11 Å². The molecule has 0 aromatic heterocycles. The van der Waals surface area contributed by atoms with Gasteiger partial charge in [0.2, 0.25) is 0 Å². The molecule has 1 aromatic carbocycles. The molecule has 0 radical (unpaired) electrons. The molecule has 0 saturated heterocycles. The fourth-order valence-corrected chi connectivity index (χ4v) is 1.51. The summed E-state index contributed by atoms with van der Waals surface area (Å²) in [6.07, 6.45) is 1.43. The lowest BCUT2D eigenvalue weighted by Gasteiger charge is -2.21. The maximum Gasteiger partial charge on any atom is 0.126 e. The average molecular weight is 207 g/mol. The van der Waals surface area contributed by atoms with Crippen molar-refractivity contribution in [3.05, 3.63) is 23.8 Å². The predicted molar refractivity (Wildman–Crippen MR) is 63.4 cm³/mol. The summed E-state index contributed by atoms with van der Waals surface area (Å²) in [4.78, 5) is 2.16. The predicted octanol–water partition coefficient (Wildman–Crippen LogP) is 1.53. The second-order valence-electron chi connectivity index (χ2n) is 3.19. The van der Waals surface area contributed by atoms with E-state index in [0.717, 1.165) is 18.8 Å². The Bertz CT molecular complexity index is 346. The van der Waals surface area contributed by atoms with Crippen molar-refractivity contribution in [3.63, 3.8) is 0 Å². The molecule has 0 fully saturated rings. The van der Waals surface area contributed by atoms with E-state index >= 15 is 0 Å². The Morgan fingerprint density at radius 3 is 2.53 bits per heavy atom. The molecule has 4 nitrogen and oxygen atoms in total. The number of hydrogen-bond donors (Lipinski definition) is 2. The maximum atomic E-state index is 9.69. The molecule has 0 amide bonds. The van der Waals surface area contributed by atoms with Crippen LogP contribution in [0, 0.1) is 0 Å². The molecule has 0 atom stereocenters. The van der Waals surface area contributed by atoms with Gasteiger partial charge in [-0.1, -0.05) is 0 Å². The third kappa shape index (κ3) is 2.62. The van der Waals surface area contributed by atoms with Gasteiger partial charge in [0.05, 0.1) is 6.21 Å². The highest BCUT2D eigenvalue weighted by Crippen LogP contribution is 2.23. The molecular weight excluding hydrogens is 190 g/mol. The molecule has 0 aliphatic carbocycles. The zero-order valence-corrected chi connectivity index (χ0v) is 9.14. The minimum absolute atomic E-state index is 0.202. The number of hydrazone groups is 1. The monoisotopic (exact) mass is 207 g/mol. The highest BCUT2D eigenvalue weighted by molar-refractivity contribution is 5.84. The van der Waals surface area contributed by atoms with Crippen LogP contribution in [0.3, 0.4) is 0 Å². The molecule has 1 aromatic rings. The summed E-state index contributed by atoms with van der Waals surface area (Å²) in [5.74, 6) is 5.23. The zero-order valence-electron chi connectivity index (χ0n) is 9.14. The molecule has 1 rings (SSSR count). The molecule has 0 unspecified atom stereocenters. The first-order valence-corrected chi connectivity index (χ1v) is 5.04. The summed E-state index contributed by atoms with van der Waals surface area (Å²) < 4.78 is 0. The minimum atomic E-state index is 0.202. The highest BCUT2D eigenvalue weighted by atomic mass is 16.3. The third-order valence-corrected chi connectivity index (χ3v) is 2.36. The molecule has 0 bridgehead atoms. The van der Waals surface area contributed by atoms with E-state index in [2.05, 4.69) is 23.8 Å². The quantitative estimate of drug-likeness (QED) is 0.447. The van der Waals surface area contributed by atoms with Gasteiger partial charge in [0.15, 0.2) is 0 Å². The third-order valence-electron chi connectivity index (χ3n) is 2.36. The van der Waals surface area contributed by atoms with Gasteiger partial charge in [-0.05, 0) is 26.0 Å². The van der Waals surface area contributed by atoms with Crippen molar-refractivity contribution in [2.75, 3.05) is 18.0 Å². The van der Waals surface area contributed by atoms with Gasteiger partial charge < -0.3 is 15.8 Å². The summed E-state index contributed by atoms with van der Waals surface area (Å²) in [7, 11) is 0. The van der Waals surface area contributed by atoms with Crippen LogP contribution in [-0.4, -0.2) is 24.4 Å². The lowest BCUT2D eigenvalue weighted by molar-refractivity contribution is 0.474. The van der Waals surface area contributed by atoms with Crippen LogP contribution in [0.5, 0.6) is 5.75 Å². The van der Waals surface area contributed by atoms with E-state index in [-0.39, 0.29) is 5.75 Å². The van der Waals surface area contributed by atoms with Gasteiger partial charge in [-0.15, -0.1) is 0 Å². The van der Waals surface area contributed by atoms with E-state index in [1.54, 1.807) is 12.1 Å². The number of aromatic hydroxyl groups is 1. The summed E-state index contributed by atoms with van der Waals surface area (Å²) in [6, 6.07) is 5.48. The number of anilines is 1. The number of nitrogens with zero attached hydrogens (tertiary/aromatic N) is 2. The van der Waals surface area contributed by atoms with Crippen LogP contribution < -0.4 is 10.7 Å². The number of nitrogens with two attached hydrogens (primary N) is 1. The second-order valence-corrected chi connectivity index (χ2v) is 3.19. The molecule has 0 heterocycles. The van der Waals surface area contributed by atoms with Crippen LogP contribution in [0.2, 0.25) is 0 Å². The normalized spacial score (nSPS) is 10.8. The van der Waals surface area contributed by atoms with Crippen molar-refractivity contribution in [2.24, 2.45) is 10.9 Å². The topological polar surface area (TPSA) is 61.8 Å². The Morgan fingerprint density at radius 1 is 1.40 bits per heavy atom. The van der Waals surface area contributed by atoms with Crippen LogP contribution in [-0.2, 0) is 0 Å². The summed E-state index contributed by atoms with van der Waals surface area (Å²) in [5, 5.41) is 13.1. The lowest BCUT2D eigenvalue weighted by Crippen LogP contribution is -2.21. The number of hydrogen-bond acceptors (Lipinski definition) is 4. The van der Waals surface area contributed by atoms with E-state index in [4.69, 9.17) is 5.84 Å². The van der Waals surface area contributed by atoms with Gasteiger partial charge >= 0.3 is 0 Å². The van der Waals surface area contributed by atoms with Crippen LogP contribution in [0.15, 0.2) is 23.3 Å². The molecule has 0 spiro atoms. The van der Waals surface area contributed by atoms with Crippen molar-refractivity contribution in [3.8, 4) is 5.75 Å². The Balaban J connectivity index is 2.99. The number of phenolic OH excluding ortho intramolecular Hbond substituents is 1. The number of benzene rings is 1. The van der Waals surface area contributed by atoms with E-state index in [0.29, 0.717) is 5.56 Å². The summed E-state index contributed by atoms with van der Waals surface area (Å²) >= 11 is 0. The smallest absolute Gasteiger partial charge is 0.126 e. The van der Waals surface area contributed by atoms with Crippen LogP contribution in [0.4, 0.5) is 5.69 Å². The molecule has 0 aliphatic rings. The van der Waals surface area contributed by atoms with Crippen LogP contribution in [0.1, 0.15) is 19.4 Å². The molecular formula is C11H17N3O. The largest absolute Gasteiger partial charge is 0.507 e. The van der Waals surface area contributed by atoms with Gasteiger partial charge in [0.1, 0.15) is 5.75 Å². The fourth-order valence-electron chi connectivity index (χ4n) is 1.51. The second kappa shape index (κ2) is 5.24. The standard InChI is InChI=1S/C11H17N3O/c1-3-14(4-2)10-6-5-9(8-13-12)11(15)7-10/h5-8,15H,3-4,12H2,1-2H3. The van der Waals surface area contributed by atoms with Gasteiger partial charge in [-0.25, -0.2) is 0 Å². The lowest BCUT2D eigenvalue weighted by atomic mass is 10.2. The fraction of sp³-hybridized carbons (Fsp3) is 0.364. The Kier molecular flexibility index (Phi) is 3.97. The van der Waals surface area contributed by atoms with Gasteiger partial charge in [-0.2, -0.15) is 5.10 Å². The first-order valence-electron chi connectivity index (χ1n) is 5.04. The minimum Gasteiger partial charge on any atom is -0.507 e. The summed E-state index contributed by atoms with van der Waals surface area (Å²) in [5.41, 5.74) is 1.64. The Hall–Kier alpha value is -1.71. The van der Waals surface area contributed by atoms with Crippen LogP contribution >= 0.6 is 0 Å². The van der Waals surface area contributed by atoms with E-state index in [9.17, 15) is 5.11 Å². The Morgan fingerprint density at radius 2 is 2.07 bits per heavy atom. The van der Waals surface area contributed by atoms with Crippen molar-refractivity contribution in [2.45, 2.75) is 13.8 Å². The highest BCUT2D eigenvalue weighted by Gasteiger charge is 2.04. The van der Waals surface area contributed by atoms with Crippen molar-refractivity contribution in [1.29, 1.82) is 0 Å². The zero-order chi connectivity index (χ0) is 11.3. The number of rotatable bonds is 4. The summed E-state index contributed by atoms with van der Waals surface area (Å²) in [6.45, 7) is 5.99. The first kappa shape index (κ1) is 11.4. The molecule has 0 aliphatic heterocycles. The van der Waals surface area contributed by atoms with Crippen LogP contribution in [0.25, 0.3) is 0 Å². The van der Waals surface area contributed by atoms with Crippen molar-refractivity contribution >= 4 is 11.9 Å². The van der Waals surface area contributed by atoms with E-state index in [1.165, 1.54) is 6.21 Å². The SMILES string of the molecule is CCN(CC)c1ccc(C=NN)c(O)c1. The molecule has 82 valence electrons. The molecule has 0 saturated carbocycles.